The summed E-state index contributed by atoms with van der Waals surface area (Å²) in [5.74, 6) is 1.66. The summed E-state index contributed by atoms with van der Waals surface area (Å²) < 4.78 is 5.21. The summed E-state index contributed by atoms with van der Waals surface area (Å²) in [5.41, 5.74) is 5.66. The molecular weight excluding hydrogens is 304 g/mol. The van der Waals surface area contributed by atoms with Gasteiger partial charge in [-0.1, -0.05) is 25.7 Å². The number of fused-ring (bicyclic) bond motifs is 1. The normalized spacial score (nSPS) is 26.2. The van der Waals surface area contributed by atoms with Gasteiger partial charge in [-0.2, -0.15) is 0 Å². The monoisotopic (exact) mass is 330 g/mol. The Balaban J connectivity index is 1.52. The van der Waals surface area contributed by atoms with Crippen LogP contribution < -0.4 is 15.8 Å². The summed E-state index contributed by atoms with van der Waals surface area (Å²) in [4.78, 5) is 23.1. The van der Waals surface area contributed by atoms with Gasteiger partial charge in [0.1, 0.15) is 5.75 Å². The predicted octanol–water partition coefficient (Wildman–Crippen LogP) is 2.64. The van der Waals surface area contributed by atoms with E-state index in [1.165, 1.54) is 32.1 Å². The van der Waals surface area contributed by atoms with Crippen molar-refractivity contribution in [3.8, 4) is 5.75 Å². The van der Waals surface area contributed by atoms with Crippen LogP contribution in [0.2, 0.25) is 0 Å². The van der Waals surface area contributed by atoms with Gasteiger partial charge in [0.2, 0.25) is 0 Å². The minimum atomic E-state index is -0.518. The molecule has 0 aromatic heterocycles. The Bertz CT molecular complexity index is 585. The molecule has 0 radical (unpaired) electrons. The average molecular weight is 330 g/mol. The maximum atomic E-state index is 12.4. The van der Waals surface area contributed by atoms with Gasteiger partial charge in [0, 0.05) is 11.6 Å². The number of nitrogens with one attached hydrogen (secondary N) is 1. The third-order valence-corrected chi connectivity index (χ3v) is 5.37. The highest BCUT2D eigenvalue weighted by Crippen LogP contribution is 2.40. The Labute approximate surface area is 142 Å². The zero-order valence-electron chi connectivity index (χ0n) is 14.0. The molecule has 0 heterocycles. The van der Waals surface area contributed by atoms with Crippen LogP contribution in [0, 0.1) is 11.8 Å². The summed E-state index contributed by atoms with van der Waals surface area (Å²) in [7, 11) is 0. The molecule has 2 aliphatic rings. The average Bonchev–Trinajstić information content (AvgIpc) is 2.60. The standard InChI is InChI=1S/C19H26N2O3/c20-18(22)12-24-17-9-6-14(7-10-17)19(23)21-16-8-5-13-3-1-2-4-15(13)11-16/h6-7,9-10,13,15-16H,1-5,8,11-12H2,(H2,20,22)(H,21,23)/t13-,15+,16-/m1/s1. The van der Waals surface area contributed by atoms with E-state index in [9.17, 15) is 9.59 Å². The van der Waals surface area contributed by atoms with Crippen LogP contribution in [0.25, 0.3) is 0 Å². The van der Waals surface area contributed by atoms with Crippen molar-refractivity contribution in [2.75, 3.05) is 6.61 Å². The summed E-state index contributed by atoms with van der Waals surface area (Å²) in [5, 5.41) is 3.18. The molecule has 0 saturated heterocycles. The van der Waals surface area contributed by atoms with E-state index in [-0.39, 0.29) is 12.5 Å². The molecule has 3 atom stereocenters. The van der Waals surface area contributed by atoms with E-state index >= 15 is 0 Å². The first-order valence-electron chi connectivity index (χ1n) is 8.94. The van der Waals surface area contributed by atoms with Gasteiger partial charge in [-0.25, -0.2) is 0 Å². The molecule has 3 rings (SSSR count). The number of benzene rings is 1. The molecule has 0 spiro atoms. The number of rotatable bonds is 5. The van der Waals surface area contributed by atoms with Crippen LogP contribution in [0.1, 0.15) is 55.3 Å². The fraction of sp³-hybridized carbons (Fsp3) is 0.579. The quantitative estimate of drug-likeness (QED) is 0.871. The minimum Gasteiger partial charge on any atom is -0.484 e. The molecule has 2 saturated carbocycles. The van der Waals surface area contributed by atoms with Gasteiger partial charge in [-0.3, -0.25) is 9.59 Å². The third kappa shape index (κ3) is 4.28. The lowest BCUT2D eigenvalue weighted by atomic mass is 9.69. The van der Waals surface area contributed by atoms with Crippen LogP contribution in [0.3, 0.4) is 0 Å². The first kappa shape index (κ1) is 16.8. The molecule has 24 heavy (non-hydrogen) atoms. The Morgan fingerprint density at radius 2 is 1.75 bits per heavy atom. The van der Waals surface area contributed by atoms with E-state index < -0.39 is 5.91 Å². The Kier molecular flexibility index (Phi) is 5.38. The molecule has 1 aromatic rings. The Morgan fingerprint density at radius 1 is 1.04 bits per heavy atom. The van der Waals surface area contributed by atoms with E-state index in [0.717, 1.165) is 24.7 Å². The maximum absolute atomic E-state index is 12.4. The lowest BCUT2D eigenvalue weighted by molar-refractivity contribution is -0.119. The molecule has 130 valence electrons. The lowest BCUT2D eigenvalue weighted by Gasteiger charge is -2.39. The molecule has 0 bridgehead atoms. The van der Waals surface area contributed by atoms with E-state index in [1.807, 2.05) is 0 Å². The van der Waals surface area contributed by atoms with Crippen LogP contribution >= 0.6 is 0 Å². The molecule has 5 nitrogen and oxygen atoms in total. The number of hydrogen-bond donors (Lipinski definition) is 2. The SMILES string of the molecule is NC(=O)COc1ccc(C(=O)N[C@@H]2CC[C@H]3CCCC[C@H]3C2)cc1. The van der Waals surface area contributed by atoms with Gasteiger partial charge in [0.05, 0.1) is 0 Å². The van der Waals surface area contributed by atoms with Gasteiger partial charge in [0.15, 0.2) is 6.61 Å². The smallest absolute Gasteiger partial charge is 0.255 e. The van der Waals surface area contributed by atoms with Crippen molar-refractivity contribution >= 4 is 11.8 Å². The number of carbonyl (C=O) groups is 2. The zero-order chi connectivity index (χ0) is 16.9. The minimum absolute atomic E-state index is 0.0317. The Hall–Kier alpha value is -2.04. The second kappa shape index (κ2) is 7.69. The Morgan fingerprint density at radius 3 is 2.46 bits per heavy atom. The van der Waals surface area contributed by atoms with E-state index in [4.69, 9.17) is 10.5 Å². The van der Waals surface area contributed by atoms with Crippen molar-refractivity contribution in [2.24, 2.45) is 17.6 Å². The molecule has 2 aliphatic carbocycles. The first-order valence-corrected chi connectivity index (χ1v) is 8.94. The molecule has 3 N–H and O–H groups in total. The number of carbonyl (C=O) groups excluding carboxylic acids is 2. The van der Waals surface area contributed by atoms with Crippen molar-refractivity contribution in [3.63, 3.8) is 0 Å². The number of amides is 2. The fourth-order valence-electron chi connectivity index (χ4n) is 4.13. The number of hydrogen-bond acceptors (Lipinski definition) is 3. The summed E-state index contributed by atoms with van der Waals surface area (Å²) in [6.07, 6.45) is 8.87. The summed E-state index contributed by atoms with van der Waals surface area (Å²) in [6, 6.07) is 7.12. The van der Waals surface area contributed by atoms with Gasteiger partial charge >= 0.3 is 0 Å². The predicted molar refractivity (Wildman–Crippen MR) is 91.7 cm³/mol. The number of nitrogens with two attached hydrogens (primary N) is 1. The zero-order valence-corrected chi connectivity index (χ0v) is 14.0. The van der Waals surface area contributed by atoms with Crippen LogP contribution in [-0.2, 0) is 4.79 Å². The van der Waals surface area contributed by atoms with Gasteiger partial charge in [-0.15, -0.1) is 0 Å². The summed E-state index contributed by atoms with van der Waals surface area (Å²) >= 11 is 0. The lowest BCUT2D eigenvalue weighted by Crippen LogP contribution is -2.41. The highest BCUT2D eigenvalue weighted by Gasteiger charge is 2.32. The largest absolute Gasteiger partial charge is 0.484 e. The van der Waals surface area contributed by atoms with Crippen molar-refractivity contribution in [3.05, 3.63) is 29.8 Å². The van der Waals surface area contributed by atoms with Gasteiger partial charge < -0.3 is 15.8 Å². The van der Waals surface area contributed by atoms with Crippen molar-refractivity contribution in [2.45, 2.75) is 51.0 Å². The molecule has 0 unspecified atom stereocenters. The summed E-state index contributed by atoms with van der Waals surface area (Å²) in [6.45, 7) is -0.157. The van der Waals surface area contributed by atoms with Crippen LogP contribution in [-0.4, -0.2) is 24.5 Å². The van der Waals surface area contributed by atoms with Crippen molar-refractivity contribution < 1.29 is 14.3 Å². The molecule has 1 aromatic carbocycles. The van der Waals surface area contributed by atoms with Gasteiger partial charge in [-0.05, 0) is 55.4 Å². The molecule has 2 amide bonds. The van der Waals surface area contributed by atoms with E-state index in [1.54, 1.807) is 24.3 Å². The molecule has 5 heteroatoms. The highest BCUT2D eigenvalue weighted by molar-refractivity contribution is 5.94. The highest BCUT2D eigenvalue weighted by atomic mass is 16.5. The molecular formula is C19H26N2O3. The maximum Gasteiger partial charge on any atom is 0.255 e. The van der Waals surface area contributed by atoms with Crippen LogP contribution in [0.4, 0.5) is 0 Å². The van der Waals surface area contributed by atoms with Gasteiger partial charge in [0.25, 0.3) is 11.8 Å². The second-order valence-electron chi connectivity index (χ2n) is 7.07. The van der Waals surface area contributed by atoms with Crippen LogP contribution in [0.5, 0.6) is 5.75 Å². The first-order chi connectivity index (χ1) is 11.6. The fourth-order valence-corrected chi connectivity index (χ4v) is 4.13. The second-order valence-corrected chi connectivity index (χ2v) is 7.07. The third-order valence-electron chi connectivity index (χ3n) is 5.37. The van der Waals surface area contributed by atoms with Crippen molar-refractivity contribution in [1.82, 2.24) is 5.32 Å². The molecule has 2 fully saturated rings. The number of ether oxygens (including phenoxy) is 1. The number of primary amides is 1. The van der Waals surface area contributed by atoms with E-state index in [0.29, 0.717) is 17.4 Å². The van der Waals surface area contributed by atoms with E-state index in [2.05, 4.69) is 5.32 Å². The van der Waals surface area contributed by atoms with Crippen molar-refractivity contribution in [1.29, 1.82) is 0 Å². The molecule has 0 aliphatic heterocycles. The van der Waals surface area contributed by atoms with Crippen LogP contribution in [0.15, 0.2) is 24.3 Å². The topological polar surface area (TPSA) is 81.4 Å².